The number of rotatable bonds is 15. The number of benzene rings is 2. The molecule has 0 radical (unpaired) electrons. The fourth-order valence-corrected chi connectivity index (χ4v) is 10.5. The monoisotopic (exact) mass is 1010 g/mol. The van der Waals surface area contributed by atoms with Crippen LogP contribution in [0.1, 0.15) is 104 Å². The number of fused-ring (bicyclic) bond motifs is 5. The van der Waals surface area contributed by atoms with Crippen LogP contribution in [0.5, 0.6) is 0 Å². The van der Waals surface area contributed by atoms with Crippen LogP contribution in [0.3, 0.4) is 0 Å². The van der Waals surface area contributed by atoms with Gasteiger partial charge >= 0.3 is 41.9 Å². The number of ketones is 1. The summed E-state index contributed by atoms with van der Waals surface area (Å²) in [6, 6.07) is 12.4. The summed E-state index contributed by atoms with van der Waals surface area (Å²) in [6.45, 7) is 11.6. The Kier molecular flexibility index (Phi) is 16.1. The van der Waals surface area contributed by atoms with Crippen LogP contribution in [0.4, 0.5) is 4.79 Å². The number of carbonyl (C=O) groups excluding carboxylic acids is 8. The molecule has 2 saturated carbocycles. The summed E-state index contributed by atoms with van der Waals surface area (Å²) in [7, 11) is 0. The third-order valence-corrected chi connectivity index (χ3v) is 14.1. The fourth-order valence-electron chi connectivity index (χ4n) is 10.5. The van der Waals surface area contributed by atoms with E-state index in [9.17, 15) is 44.1 Å². The average Bonchev–Trinajstić information content (AvgIpc) is 3.30. The molecular formula is C51H64N2O19. The number of aliphatic hydroxyl groups is 3. The zero-order valence-electron chi connectivity index (χ0n) is 41.7. The van der Waals surface area contributed by atoms with Crippen molar-refractivity contribution in [1.82, 2.24) is 5.32 Å². The van der Waals surface area contributed by atoms with Crippen LogP contribution in [-0.4, -0.2) is 142 Å². The molecule has 1 amide bonds. The lowest BCUT2D eigenvalue weighted by molar-refractivity contribution is -0.346. The molecule has 2 aromatic rings. The van der Waals surface area contributed by atoms with Crippen molar-refractivity contribution in [3.8, 4) is 0 Å². The minimum Gasteiger partial charge on any atom is -0.465 e. The number of amides is 1. The van der Waals surface area contributed by atoms with E-state index in [4.69, 9.17) is 43.6 Å². The number of ether oxygens (including phenoxy) is 8. The molecule has 392 valence electrons. The highest BCUT2D eigenvalue weighted by atomic mass is 16.6. The maximum atomic E-state index is 15.2. The van der Waals surface area contributed by atoms with Gasteiger partial charge in [-0.1, -0.05) is 62.4 Å². The van der Waals surface area contributed by atoms with Crippen molar-refractivity contribution in [2.75, 3.05) is 19.8 Å². The molecule has 2 unspecified atom stereocenters. The summed E-state index contributed by atoms with van der Waals surface area (Å²) in [4.78, 5) is 109. The summed E-state index contributed by atoms with van der Waals surface area (Å²) in [6.07, 6.45) is -13.3. The highest BCUT2D eigenvalue weighted by Crippen LogP contribution is 2.64. The minimum absolute atomic E-state index is 0.0145. The number of nitrogens with two attached hydrogens (primary N) is 1. The largest absolute Gasteiger partial charge is 0.465 e. The second kappa shape index (κ2) is 21.1. The second-order valence-electron chi connectivity index (χ2n) is 20.3. The van der Waals surface area contributed by atoms with Gasteiger partial charge in [0.25, 0.3) is 0 Å². The third-order valence-electron chi connectivity index (χ3n) is 14.1. The molecule has 12 atom stereocenters. The third kappa shape index (κ3) is 10.6. The smallest absolute Gasteiger partial charge is 0.408 e. The van der Waals surface area contributed by atoms with E-state index in [1.807, 2.05) is 0 Å². The fraction of sp³-hybridized carbons (Fsp3) is 0.569. The van der Waals surface area contributed by atoms with E-state index in [1.165, 1.54) is 58.9 Å². The Labute approximate surface area is 415 Å². The van der Waals surface area contributed by atoms with Gasteiger partial charge in [-0.3, -0.25) is 19.2 Å². The van der Waals surface area contributed by atoms with E-state index in [2.05, 4.69) is 5.32 Å². The first kappa shape index (κ1) is 55.1. The first-order valence-electron chi connectivity index (χ1n) is 23.6. The summed E-state index contributed by atoms with van der Waals surface area (Å²) in [5.74, 6) is -9.18. The molecule has 2 aromatic carbocycles. The first-order valence-corrected chi connectivity index (χ1v) is 23.6. The molecule has 2 bridgehead atoms. The number of esters is 6. The van der Waals surface area contributed by atoms with Gasteiger partial charge in [-0.05, 0) is 70.4 Å². The van der Waals surface area contributed by atoms with Gasteiger partial charge in [0.15, 0.2) is 18.0 Å². The van der Waals surface area contributed by atoms with Crippen molar-refractivity contribution < 1.29 is 91.6 Å². The van der Waals surface area contributed by atoms with Crippen LogP contribution >= 0.6 is 0 Å². The first-order chi connectivity index (χ1) is 33.6. The Morgan fingerprint density at radius 1 is 0.903 bits per heavy atom. The van der Waals surface area contributed by atoms with Crippen LogP contribution in [0, 0.1) is 16.7 Å². The molecule has 6 N–H and O–H groups in total. The van der Waals surface area contributed by atoms with E-state index in [0.29, 0.717) is 0 Å². The zero-order chi connectivity index (χ0) is 53.3. The Hall–Kier alpha value is -6.26. The SMILES string of the molecule is CCOC(=O)[C@@H](N)CC(=O)OCC(=O)OC(C(=O)O[C@H]1C[C@@]2(O)[C@@H](OC(=O)c3ccccc3)[C@@H]3[C@]4(OC(C)=O)CO[C@@H]4C[C@H](O)[C@@]3(C)C(=O)[C@H](O)C(=C1C)C2(C)C)C(NC(=O)OC(C)(C)C)c1ccccc1. The van der Waals surface area contributed by atoms with Crippen molar-refractivity contribution in [3.63, 3.8) is 0 Å². The average molecular weight is 1010 g/mol. The number of nitrogens with one attached hydrogen (secondary N) is 1. The number of alkyl carbamates (subject to hydrolysis) is 1. The van der Waals surface area contributed by atoms with Gasteiger partial charge in [0.1, 0.15) is 47.7 Å². The van der Waals surface area contributed by atoms with Crippen LogP contribution in [0.2, 0.25) is 0 Å². The summed E-state index contributed by atoms with van der Waals surface area (Å²) >= 11 is 0. The Balaban J connectivity index is 1.47. The number of hydrogen-bond acceptors (Lipinski definition) is 20. The maximum absolute atomic E-state index is 15.2. The lowest BCUT2D eigenvalue weighted by atomic mass is 9.44. The highest BCUT2D eigenvalue weighted by molar-refractivity contribution is 5.94. The van der Waals surface area contributed by atoms with Crippen molar-refractivity contribution in [3.05, 3.63) is 82.9 Å². The second-order valence-corrected chi connectivity index (χ2v) is 20.3. The van der Waals surface area contributed by atoms with E-state index < -0.39 is 149 Å². The van der Waals surface area contributed by atoms with Gasteiger partial charge < -0.3 is 64.3 Å². The molecule has 21 heteroatoms. The molecule has 1 aliphatic heterocycles. The zero-order valence-corrected chi connectivity index (χ0v) is 41.7. The Morgan fingerprint density at radius 3 is 2.10 bits per heavy atom. The molecule has 4 aliphatic rings. The Bertz CT molecular complexity index is 2450. The van der Waals surface area contributed by atoms with E-state index in [0.717, 1.165) is 6.92 Å². The van der Waals surface area contributed by atoms with Gasteiger partial charge in [0.2, 0.25) is 6.10 Å². The van der Waals surface area contributed by atoms with Crippen LogP contribution in [0.25, 0.3) is 0 Å². The van der Waals surface area contributed by atoms with Crippen LogP contribution in [0.15, 0.2) is 71.8 Å². The van der Waals surface area contributed by atoms with Gasteiger partial charge in [0, 0.05) is 25.2 Å². The summed E-state index contributed by atoms with van der Waals surface area (Å²) < 4.78 is 45.5. The number of carbonyl (C=O) groups is 8. The van der Waals surface area contributed by atoms with Crippen molar-refractivity contribution in [2.24, 2.45) is 22.5 Å². The predicted molar refractivity (Wildman–Crippen MR) is 248 cm³/mol. The predicted octanol–water partition coefficient (Wildman–Crippen LogP) is 2.63. The quantitative estimate of drug-likeness (QED) is 0.0973. The molecule has 72 heavy (non-hydrogen) atoms. The maximum Gasteiger partial charge on any atom is 0.408 e. The minimum atomic E-state index is -2.51. The van der Waals surface area contributed by atoms with E-state index in [-0.39, 0.29) is 41.9 Å². The molecule has 6 rings (SSSR count). The molecule has 3 fully saturated rings. The van der Waals surface area contributed by atoms with Gasteiger partial charge in [0.05, 0.1) is 42.6 Å². The molecule has 0 aromatic heterocycles. The van der Waals surface area contributed by atoms with Gasteiger partial charge in [-0.15, -0.1) is 0 Å². The van der Waals surface area contributed by atoms with Crippen LogP contribution in [-0.2, 0) is 66.7 Å². The van der Waals surface area contributed by atoms with Crippen molar-refractivity contribution in [2.45, 2.75) is 147 Å². The molecule has 3 aliphatic carbocycles. The lowest BCUT2D eigenvalue weighted by Gasteiger charge is -2.67. The highest BCUT2D eigenvalue weighted by Gasteiger charge is 2.78. The van der Waals surface area contributed by atoms with Crippen molar-refractivity contribution >= 4 is 47.7 Å². The standard InChI is InChI=1S/C51H64N2O19/c1-10-65-44(61)30(52)21-34(56)66-24-35(57)69-39(37(28-17-13-11-14-18-28)53-46(63)72-47(4,5)6)45(62)68-31-23-51(64)42(70-43(60)29-19-15-12-16-20-29)40-49(9,41(59)38(58)36(26(31)2)48(51,7)8)32(55)22-33-50(40,25-67-33)71-27(3)54/h11-20,30-33,37-40,42,55,58,64H,10,21-25,52H2,1-9H3,(H,53,63)/t30-,31-,32-,33+,37?,38+,39?,40-,42-,49+,50-,51+/m0/s1. The lowest BCUT2D eigenvalue weighted by Crippen LogP contribution is -2.81. The number of aliphatic hydroxyl groups excluding tert-OH is 2. The summed E-state index contributed by atoms with van der Waals surface area (Å²) in [5.41, 5.74) is -3.49. The van der Waals surface area contributed by atoms with Gasteiger partial charge in [-0.2, -0.15) is 0 Å². The molecular weight excluding hydrogens is 945 g/mol. The van der Waals surface area contributed by atoms with Crippen molar-refractivity contribution in [1.29, 1.82) is 0 Å². The summed E-state index contributed by atoms with van der Waals surface area (Å²) in [5, 5.41) is 40.7. The normalized spacial score (nSPS) is 29.6. The molecule has 0 spiro atoms. The van der Waals surface area contributed by atoms with E-state index >= 15 is 9.59 Å². The Morgan fingerprint density at radius 2 is 1.53 bits per heavy atom. The number of hydrogen-bond donors (Lipinski definition) is 5. The molecule has 1 saturated heterocycles. The molecule has 21 nitrogen and oxygen atoms in total. The molecule has 1 heterocycles. The van der Waals surface area contributed by atoms with Crippen LogP contribution < -0.4 is 11.1 Å². The van der Waals surface area contributed by atoms with Gasteiger partial charge in [-0.25, -0.2) is 19.2 Å². The topological polar surface area (TPSA) is 309 Å². The van der Waals surface area contributed by atoms with E-state index in [1.54, 1.807) is 57.2 Å². The number of Topliss-reactive ketones (excluding diaryl/α,β-unsaturated/α-hetero) is 1.